The van der Waals surface area contributed by atoms with E-state index in [0.717, 1.165) is 0 Å². The highest BCUT2D eigenvalue weighted by molar-refractivity contribution is 6.05. The molecule has 1 aromatic carbocycles. The van der Waals surface area contributed by atoms with Crippen molar-refractivity contribution in [2.24, 2.45) is 0 Å². The van der Waals surface area contributed by atoms with Gasteiger partial charge < -0.3 is 20.1 Å². The molecule has 2 aromatic heterocycles. The number of carboxylic acid groups (broad SMARTS) is 1. The van der Waals surface area contributed by atoms with Crippen LogP contribution in [0.3, 0.4) is 0 Å². The molecule has 2 heterocycles. The molecule has 2 aliphatic carbocycles. The smallest absolute Gasteiger partial charge is 0.322 e. The maximum atomic E-state index is 12.0. The molecule has 0 unspecified atom stereocenters. The van der Waals surface area contributed by atoms with Crippen molar-refractivity contribution in [2.75, 3.05) is 6.54 Å². The van der Waals surface area contributed by atoms with Gasteiger partial charge in [0.05, 0.1) is 5.39 Å². The number of rotatable bonds is 4. The van der Waals surface area contributed by atoms with Gasteiger partial charge in [0.2, 0.25) is 5.58 Å². The van der Waals surface area contributed by atoms with Gasteiger partial charge in [0.25, 0.3) is 5.91 Å². The number of carbonyl (C=O) groups is 2. The summed E-state index contributed by atoms with van der Waals surface area (Å²) in [6.45, 7) is -0.630. The number of carbonyl (C=O) groups excluding carboxylic acids is 1. The molecule has 2 aliphatic rings. The lowest BCUT2D eigenvalue weighted by molar-refractivity contribution is -0.135. The van der Waals surface area contributed by atoms with E-state index >= 15 is 0 Å². The zero-order valence-electron chi connectivity index (χ0n) is 16.0. The molecule has 152 valence electrons. The highest BCUT2D eigenvalue weighted by atomic mass is 16.5. The van der Waals surface area contributed by atoms with Crippen LogP contribution in [0.25, 0.3) is 33.4 Å². The number of carboxylic acids is 1. The maximum Gasteiger partial charge on any atom is 0.322 e. The summed E-state index contributed by atoms with van der Waals surface area (Å²) in [4.78, 5) is 26.6. The normalized spacial score (nSPS) is 10.5. The molecule has 0 spiro atoms. The minimum absolute atomic E-state index is 0.0494. The molecule has 0 radical (unpaired) electrons. The molecule has 8 nitrogen and oxygen atoms in total. The molecule has 0 bridgehead atoms. The van der Waals surface area contributed by atoms with E-state index in [-0.39, 0.29) is 11.3 Å². The molecule has 0 saturated heterocycles. The third-order valence-electron chi connectivity index (χ3n) is 4.61. The number of benzene rings is 2. The quantitative estimate of drug-likeness (QED) is 0.387. The number of aromatic hydroxyl groups is 1. The van der Waals surface area contributed by atoms with E-state index in [2.05, 4.69) is 45.6 Å². The SMILES string of the molecule is C#Cc1nc(C(=O)NCC(=O)O)c(O)c2onc(-c3ccccc3)c12.c1cc2ccc1-2. The summed E-state index contributed by atoms with van der Waals surface area (Å²) in [7, 11) is 0. The number of nitrogens with zero attached hydrogens (tertiary/aromatic N) is 2. The van der Waals surface area contributed by atoms with E-state index in [1.807, 2.05) is 6.07 Å². The van der Waals surface area contributed by atoms with Gasteiger partial charge in [-0.05, 0) is 17.0 Å². The van der Waals surface area contributed by atoms with Crippen LogP contribution in [0.15, 0.2) is 59.1 Å². The molecule has 0 saturated carbocycles. The summed E-state index contributed by atoms with van der Waals surface area (Å²) in [6.07, 6.45) is 5.47. The molecular formula is C23H15N3O5. The van der Waals surface area contributed by atoms with Crippen LogP contribution in [-0.2, 0) is 4.79 Å². The van der Waals surface area contributed by atoms with Gasteiger partial charge >= 0.3 is 5.97 Å². The summed E-state index contributed by atoms with van der Waals surface area (Å²) in [5.41, 5.74) is 3.45. The van der Waals surface area contributed by atoms with E-state index in [4.69, 9.17) is 16.1 Å². The zero-order chi connectivity index (χ0) is 22.0. The number of amides is 1. The third kappa shape index (κ3) is 3.68. The Balaban J connectivity index is 0.000000325. The van der Waals surface area contributed by atoms with Gasteiger partial charge in [0.1, 0.15) is 17.9 Å². The number of nitrogens with one attached hydrogen (secondary N) is 1. The first-order valence-electron chi connectivity index (χ1n) is 9.14. The molecule has 0 fully saturated rings. The topological polar surface area (TPSA) is 126 Å². The van der Waals surface area contributed by atoms with E-state index in [1.54, 1.807) is 24.3 Å². The van der Waals surface area contributed by atoms with Crippen molar-refractivity contribution in [3.63, 3.8) is 0 Å². The predicted molar refractivity (Wildman–Crippen MR) is 112 cm³/mol. The van der Waals surface area contributed by atoms with Crippen LogP contribution < -0.4 is 5.32 Å². The van der Waals surface area contributed by atoms with Crippen molar-refractivity contribution in [1.82, 2.24) is 15.5 Å². The first kappa shape index (κ1) is 19.7. The number of aromatic nitrogens is 2. The number of terminal acetylenes is 1. The fourth-order valence-electron chi connectivity index (χ4n) is 2.96. The van der Waals surface area contributed by atoms with Crippen molar-refractivity contribution >= 4 is 22.8 Å². The molecule has 3 N–H and O–H groups in total. The fourth-order valence-corrected chi connectivity index (χ4v) is 2.96. The summed E-state index contributed by atoms with van der Waals surface area (Å²) in [5.74, 6) is -0.360. The highest BCUT2D eigenvalue weighted by Gasteiger charge is 2.25. The number of hydrogen-bond acceptors (Lipinski definition) is 6. The average Bonchev–Trinajstić information content (AvgIpc) is 3.22. The Kier molecular flexibility index (Phi) is 5.08. The van der Waals surface area contributed by atoms with E-state index in [1.165, 1.54) is 11.1 Å². The Morgan fingerprint density at radius 1 is 1.03 bits per heavy atom. The van der Waals surface area contributed by atoms with Gasteiger partial charge in [-0.3, -0.25) is 9.59 Å². The predicted octanol–water partition coefficient (Wildman–Crippen LogP) is 3.06. The molecule has 3 aromatic rings. The largest absolute Gasteiger partial charge is 0.503 e. The van der Waals surface area contributed by atoms with Crippen LogP contribution in [-0.4, -0.2) is 38.8 Å². The molecule has 0 aliphatic heterocycles. The van der Waals surface area contributed by atoms with Crippen LogP contribution in [0.2, 0.25) is 0 Å². The lowest BCUT2D eigenvalue weighted by Crippen LogP contribution is -2.30. The monoisotopic (exact) mass is 413 g/mol. The van der Waals surface area contributed by atoms with Crippen LogP contribution in [0.5, 0.6) is 5.75 Å². The molecule has 5 rings (SSSR count). The third-order valence-corrected chi connectivity index (χ3v) is 4.61. The summed E-state index contributed by atoms with van der Waals surface area (Å²) in [6, 6.07) is 17.5. The number of fused-ring (bicyclic) bond motifs is 2. The maximum absolute atomic E-state index is 12.0. The van der Waals surface area contributed by atoms with Gasteiger partial charge in [-0.2, -0.15) is 0 Å². The number of pyridine rings is 1. The first-order valence-corrected chi connectivity index (χ1v) is 9.14. The minimum atomic E-state index is -1.24. The Morgan fingerprint density at radius 2 is 1.68 bits per heavy atom. The van der Waals surface area contributed by atoms with Crippen LogP contribution in [0, 0.1) is 12.3 Å². The van der Waals surface area contributed by atoms with E-state index in [0.29, 0.717) is 16.6 Å². The van der Waals surface area contributed by atoms with Gasteiger partial charge in [0.15, 0.2) is 11.4 Å². The Hall–Kier alpha value is -4.64. The van der Waals surface area contributed by atoms with Gasteiger partial charge in [-0.15, -0.1) is 6.42 Å². The lowest BCUT2D eigenvalue weighted by atomic mass is 9.95. The lowest BCUT2D eigenvalue weighted by Gasteiger charge is -2.10. The van der Waals surface area contributed by atoms with Crippen LogP contribution >= 0.6 is 0 Å². The summed E-state index contributed by atoms with van der Waals surface area (Å²) in [5, 5.41) is 25.2. The molecule has 8 heteroatoms. The van der Waals surface area contributed by atoms with Crippen molar-refractivity contribution < 1.29 is 24.3 Å². The van der Waals surface area contributed by atoms with Crippen molar-refractivity contribution in [3.05, 3.63) is 66.0 Å². The van der Waals surface area contributed by atoms with Crippen LogP contribution in [0.4, 0.5) is 0 Å². The van der Waals surface area contributed by atoms with Gasteiger partial charge in [0, 0.05) is 5.56 Å². The van der Waals surface area contributed by atoms with E-state index in [9.17, 15) is 14.7 Å². The molecule has 31 heavy (non-hydrogen) atoms. The second kappa shape index (κ2) is 8.00. The Bertz CT molecular complexity index is 1310. The van der Waals surface area contributed by atoms with Crippen molar-refractivity contribution in [3.8, 4) is 40.5 Å². The highest BCUT2D eigenvalue weighted by Crippen LogP contribution is 2.36. The molecule has 1 amide bonds. The van der Waals surface area contributed by atoms with Gasteiger partial charge in [-0.25, -0.2) is 4.98 Å². The average molecular weight is 413 g/mol. The molecular weight excluding hydrogens is 398 g/mol. The standard InChI is InChI=1S/C17H11N3O5.C6H4/c1-2-10-12-13(9-6-4-3-5-7-9)20-25-16(12)15(23)14(19-10)17(24)18-8-11(21)22;1-2-6-4-3-5(1)6/h1,3-7,23H,8H2,(H,18,24)(H,21,22);1-4H. The van der Waals surface area contributed by atoms with Crippen LogP contribution in [0.1, 0.15) is 16.2 Å². The van der Waals surface area contributed by atoms with Gasteiger partial charge in [-0.1, -0.05) is 59.8 Å². The zero-order valence-corrected chi connectivity index (χ0v) is 16.0. The van der Waals surface area contributed by atoms with Crippen molar-refractivity contribution in [1.29, 1.82) is 0 Å². The van der Waals surface area contributed by atoms with E-state index < -0.39 is 29.9 Å². The summed E-state index contributed by atoms with van der Waals surface area (Å²) >= 11 is 0. The second-order valence-electron chi connectivity index (χ2n) is 6.56. The van der Waals surface area contributed by atoms with Crippen molar-refractivity contribution in [2.45, 2.75) is 0 Å². The fraction of sp³-hybridized carbons (Fsp3) is 0.0435. The Morgan fingerprint density at radius 3 is 2.19 bits per heavy atom. The first-order chi connectivity index (χ1) is 15.0. The Labute approximate surface area is 176 Å². The second-order valence-corrected chi connectivity index (χ2v) is 6.56. The summed E-state index contributed by atoms with van der Waals surface area (Å²) < 4.78 is 5.16. The number of aliphatic carboxylic acids is 1. The number of hydrogen-bond donors (Lipinski definition) is 3. The minimum Gasteiger partial charge on any atom is -0.503 e. The molecule has 0 atom stereocenters.